The van der Waals surface area contributed by atoms with Crippen LogP contribution in [0.4, 0.5) is 4.79 Å². The lowest BCUT2D eigenvalue weighted by atomic mass is 9.96. The number of carbonyl (C=O) groups excluding carboxylic acids is 3. The van der Waals surface area contributed by atoms with E-state index in [1.54, 1.807) is 0 Å². The number of sulfonamides is 1. The quantitative estimate of drug-likeness (QED) is 0.633. The smallest absolute Gasteiger partial charge is 0.339 e. The molecule has 0 atom stereocenters. The minimum atomic E-state index is -3.90. The lowest BCUT2D eigenvalue weighted by molar-refractivity contribution is -0.123. The fourth-order valence-electron chi connectivity index (χ4n) is 2.42. The maximum Gasteiger partial charge on any atom is 0.339 e. The Bertz CT molecular complexity index is 752. The van der Waals surface area contributed by atoms with Crippen molar-refractivity contribution in [2.45, 2.75) is 42.4 Å². The van der Waals surface area contributed by atoms with E-state index in [0.717, 1.165) is 49.5 Å². The number of amides is 3. The van der Waals surface area contributed by atoms with E-state index in [4.69, 9.17) is 9.88 Å². The van der Waals surface area contributed by atoms with Gasteiger partial charge in [0.05, 0.1) is 5.56 Å². The van der Waals surface area contributed by atoms with E-state index in [2.05, 4.69) is 10.6 Å². The van der Waals surface area contributed by atoms with Gasteiger partial charge in [-0.15, -0.1) is 11.3 Å². The van der Waals surface area contributed by atoms with Crippen LogP contribution < -0.4 is 15.8 Å². The highest BCUT2D eigenvalue weighted by Crippen LogP contribution is 2.19. The Kier molecular flexibility index (Phi) is 6.51. The molecule has 1 fully saturated rings. The van der Waals surface area contributed by atoms with E-state index in [1.807, 2.05) is 0 Å². The number of carbonyl (C=O) groups is 3. The summed E-state index contributed by atoms with van der Waals surface area (Å²) in [6.07, 6.45) is 4.97. The van der Waals surface area contributed by atoms with Gasteiger partial charge >= 0.3 is 12.0 Å². The molecular formula is C14H19N3O6S2. The molecule has 1 aliphatic carbocycles. The summed E-state index contributed by atoms with van der Waals surface area (Å²) in [5.74, 6) is -1.66. The van der Waals surface area contributed by atoms with E-state index in [0.29, 0.717) is 0 Å². The zero-order valence-corrected chi connectivity index (χ0v) is 15.0. The average Bonchev–Trinajstić information content (AvgIpc) is 3.03. The van der Waals surface area contributed by atoms with Crippen LogP contribution in [0, 0.1) is 0 Å². The molecule has 0 spiro atoms. The largest absolute Gasteiger partial charge is 0.452 e. The number of ether oxygens (including phenoxy) is 1. The predicted octanol–water partition coefficient (Wildman–Crippen LogP) is 0.711. The molecule has 0 unspecified atom stereocenters. The van der Waals surface area contributed by atoms with Gasteiger partial charge in [0.1, 0.15) is 4.21 Å². The highest BCUT2D eigenvalue weighted by molar-refractivity contribution is 7.91. The van der Waals surface area contributed by atoms with E-state index in [1.165, 1.54) is 5.38 Å². The first kappa shape index (κ1) is 19.3. The molecule has 1 aromatic rings. The summed E-state index contributed by atoms with van der Waals surface area (Å²) in [6, 6.07) is 0.488. The molecule has 0 aliphatic heterocycles. The topological polar surface area (TPSA) is 145 Å². The number of nitrogens with one attached hydrogen (secondary N) is 2. The van der Waals surface area contributed by atoms with Gasteiger partial charge in [-0.25, -0.2) is 23.1 Å². The zero-order valence-electron chi connectivity index (χ0n) is 13.3. The first-order valence-electron chi connectivity index (χ1n) is 7.64. The van der Waals surface area contributed by atoms with Gasteiger partial charge in [-0.2, -0.15) is 0 Å². The molecule has 11 heteroatoms. The van der Waals surface area contributed by atoms with E-state index in [-0.39, 0.29) is 15.8 Å². The fourth-order valence-corrected chi connectivity index (χ4v) is 3.99. The van der Waals surface area contributed by atoms with Crippen molar-refractivity contribution in [3.05, 3.63) is 17.0 Å². The van der Waals surface area contributed by atoms with Crippen LogP contribution in [0.25, 0.3) is 0 Å². The molecular weight excluding hydrogens is 370 g/mol. The molecule has 1 saturated carbocycles. The maximum absolute atomic E-state index is 11.8. The summed E-state index contributed by atoms with van der Waals surface area (Å²) < 4.78 is 26.9. The van der Waals surface area contributed by atoms with Gasteiger partial charge in [0, 0.05) is 11.4 Å². The van der Waals surface area contributed by atoms with Crippen molar-refractivity contribution in [3.8, 4) is 0 Å². The highest BCUT2D eigenvalue weighted by Gasteiger charge is 2.19. The zero-order chi connectivity index (χ0) is 18.4. The average molecular weight is 389 g/mol. The molecule has 1 aliphatic rings. The number of nitrogens with two attached hydrogens (primary N) is 1. The number of thiophene rings is 1. The van der Waals surface area contributed by atoms with Gasteiger partial charge < -0.3 is 10.1 Å². The van der Waals surface area contributed by atoms with Gasteiger partial charge in [-0.1, -0.05) is 19.3 Å². The summed E-state index contributed by atoms with van der Waals surface area (Å²) in [5.41, 5.74) is -0.0338. The summed E-state index contributed by atoms with van der Waals surface area (Å²) in [4.78, 5) is 35.1. The van der Waals surface area contributed by atoms with Crippen LogP contribution >= 0.6 is 11.3 Å². The number of esters is 1. The van der Waals surface area contributed by atoms with Gasteiger partial charge in [-0.3, -0.25) is 10.1 Å². The Morgan fingerprint density at radius 3 is 2.52 bits per heavy atom. The van der Waals surface area contributed by atoms with E-state index < -0.39 is 34.5 Å². The number of hydrogen-bond acceptors (Lipinski definition) is 7. The maximum atomic E-state index is 11.8. The molecule has 9 nitrogen and oxygen atoms in total. The summed E-state index contributed by atoms with van der Waals surface area (Å²) in [5, 5.41) is 11.0. The van der Waals surface area contributed by atoms with Crippen molar-refractivity contribution < 1.29 is 27.5 Å². The molecule has 3 amide bonds. The molecule has 2 rings (SSSR count). The summed E-state index contributed by atoms with van der Waals surface area (Å²) in [7, 11) is -3.90. The Morgan fingerprint density at radius 2 is 1.92 bits per heavy atom. The first-order valence-corrected chi connectivity index (χ1v) is 10.1. The predicted molar refractivity (Wildman–Crippen MR) is 89.5 cm³/mol. The molecule has 25 heavy (non-hydrogen) atoms. The SMILES string of the molecule is NS(=O)(=O)c1cc(C(=O)OCC(=O)NC(=O)NC2CCCCC2)cs1. The van der Waals surface area contributed by atoms with Crippen molar-refractivity contribution in [3.63, 3.8) is 0 Å². The third-order valence-corrected chi connectivity index (χ3v) is 6.01. The molecule has 0 bridgehead atoms. The standard InChI is InChI=1S/C14H19N3O6S2/c15-25(21,22)12-6-9(8-24-12)13(19)23-7-11(18)17-14(20)16-10-4-2-1-3-5-10/h6,8,10H,1-5,7H2,(H2,15,21,22)(H2,16,17,18,20). The number of urea groups is 1. The summed E-state index contributed by atoms with van der Waals surface area (Å²) in [6.45, 7) is -0.655. The van der Waals surface area contributed by atoms with Crippen molar-refractivity contribution >= 4 is 39.3 Å². The first-order chi connectivity index (χ1) is 11.8. The van der Waals surface area contributed by atoms with Crippen molar-refractivity contribution in [1.29, 1.82) is 0 Å². The fraction of sp³-hybridized carbons (Fsp3) is 0.500. The normalized spacial score (nSPS) is 15.4. The van der Waals surface area contributed by atoms with Gasteiger partial charge in [0.2, 0.25) is 10.0 Å². The van der Waals surface area contributed by atoms with Crippen molar-refractivity contribution in [1.82, 2.24) is 10.6 Å². The van der Waals surface area contributed by atoms with Crippen LogP contribution in [0.2, 0.25) is 0 Å². The Hall–Kier alpha value is -1.98. The minimum Gasteiger partial charge on any atom is -0.452 e. The number of imide groups is 1. The molecule has 138 valence electrons. The monoisotopic (exact) mass is 389 g/mol. The molecule has 1 heterocycles. The minimum absolute atomic E-state index is 0.0338. The van der Waals surface area contributed by atoms with Gasteiger partial charge in [0.25, 0.3) is 5.91 Å². The second-order valence-corrected chi connectivity index (χ2v) is 8.33. The van der Waals surface area contributed by atoms with E-state index in [9.17, 15) is 22.8 Å². The highest BCUT2D eigenvalue weighted by atomic mass is 32.2. The van der Waals surface area contributed by atoms with Crippen LogP contribution in [-0.2, 0) is 19.6 Å². The van der Waals surface area contributed by atoms with Crippen molar-refractivity contribution in [2.75, 3.05) is 6.61 Å². The third kappa shape index (κ3) is 6.11. The molecule has 0 saturated heterocycles. The number of primary sulfonamides is 1. The van der Waals surface area contributed by atoms with Crippen LogP contribution in [0.3, 0.4) is 0 Å². The van der Waals surface area contributed by atoms with Crippen LogP contribution in [0.5, 0.6) is 0 Å². The molecule has 1 aromatic heterocycles. The van der Waals surface area contributed by atoms with Gasteiger partial charge in [0.15, 0.2) is 6.61 Å². The number of rotatable bonds is 5. The van der Waals surface area contributed by atoms with Crippen molar-refractivity contribution in [2.24, 2.45) is 5.14 Å². The number of hydrogen-bond donors (Lipinski definition) is 3. The van der Waals surface area contributed by atoms with Crippen LogP contribution in [0.15, 0.2) is 15.7 Å². The second-order valence-electron chi connectivity index (χ2n) is 5.63. The second kappa shape index (κ2) is 8.41. The Labute approximate surface area is 149 Å². The Balaban J connectivity index is 1.76. The molecule has 0 aromatic carbocycles. The van der Waals surface area contributed by atoms with Crippen LogP contribution in [-0.4, -0.2) is 39.0 Å². The van der Waals surface area contributed by atoms with Gasteiger partial charge in [-0.05, 0) is 18.9 Å². The molecule has 4 N–H and O–H groups in total. The van der Waals surface area contributed by atoms with E-state index >= 15 is 0 Å². The lowest BCUT2D eigenvalue weighted by Gasteiger charge is -2.22. The van der Waals surface area contributed by atoms with Crippen LogP contribution in [0.1, 0.15) is 42.5 Å². The lowest BCUT2D eigenvalue weighted by Crippen LogP contribution is -2.46. The third-order valence-electron chi connectivity index (χ3n) is 3.62. The Morgan fingerprint density at radius 1 is 1.24 bits per heavy atom. The molecule has 0 radical (unpaired) electrons. The summed E-state index contributed by atoms with van der Waals surface area (Å²) >= 11 is 0.771.